The van der Waals surface area contributed by atoms with E-state index in [0.717, 1.165) is 0 Å². The number of urea groups is 1. The number of thiazole rings is 1. The van der Waals surface area contributed by atoms with Crippen LogP contribution in [0.25, 0.3) is 0 Å². The lowest BCUT2D eigenvalue weighted by Crippen LogP contribution is -2.54. The second-order valence-electron chi connectivity index (χ2n) is 8.89. The summed E-state index contributed by atoms with van der Waals surface area (Å²) in [5.41, 5.74) is 0.397. The summed E-state index contributed by atoms with van der Waals surface area (Å²) in [5, 5.41) is 18.0. The molecule has 2 saturated heterocycles. The molecule has 4 aliphatic rings. The lowest BCUT2D eigenvalue weighted by atomic mass is 9.79. The molecule has 0 spiro atoms. The Hall–Kier alpha value is -3.09. The number of halogens is 2. The molecule has 0 saturated carbocycles. The minimum absolute atomic E-state index is 0.0110. The molecule has 2 fully saturated rings. The number of aliphatic carboxylic acids is 1. The van der Waals surface area contributed by atoms with Gasteiger partial charge >= 0.3 is 12.0 Å². The van der Waals surface area contributed by atoms with Crippen LogP contribution in [0.3, 0.4) is 0 Å². The van der Waals surface area contributed by atoms with Gasteiger partial charge in [0.05, 0.1) is 16.5 Å². The average Bonchev–Trinajstić information content (AvgIpc) is 3.41. The van der Waals surface area contributed by atoms with Crippen molar-refractivity contribution in [2.75, 3.05) is 26.2 Å². The van der Waals surface area contributed by atoms with E-state index >= 15 is 0 Å². The monoisotopic (exact) mass is 520 g/mol. The van der Waals surface area contributed by atoms with Crippen LogP contribution in [0.2, 0.25) is 0 Å². The van der Waals surface area contributed by atoms with Crippen LogP contribution in [0.1, 0.15) is 11.9 Å². The highest BCUT2D eigenvalue weighted by Crippen LogP contribution is 2.40. The number of allylic oxidation sites excluding steroid dienone is 3. The number of carbonyl (C=O) groups excluding carboxylic acids is 2. The average molecular weight is 521 g/mol. The third kappa shape index (κ3) is 4.37. The van der Waals surface area contributed by atoms with Crippen LogP contribution in [0, 0.1) is 5.92 Å². The summed E-state index contributed by atoms with van der Waals surface area (Å²) in [4.78, 5) is 47.8. The van der Waals surface area contributed by atoms with Crippen LogP contribution >= 0.6 is 22.9 Å². The second-order valence-corrected chi connectivity index (χ2v) is 10.6. The van der Waals surface area contributed by atoms with Crippen molar-refractivity contribution in [3.63, 3.8) is 0 Å². The number of hydrogen-bond acceptors (Lipinski definition) is 8. The van der Waals surface area contributed by atoms with Crippen LogP contribution in [0.5, 0.6) is 0 Å². The third-order valence-electron chi connectivity index (χ3n) is 6.54. The summed E-state index contributed by atoms with van der Waals surface area (Å²) in [5.74, 6) is -2.29. The number of carboxylic acid groups (broad SMARTS) is 1. The van der Waals surface area contributed by atoms with Crippen LogP contribution in [0.15, 0.2) is 51.9 Å². The van der Waals surface area contributed by atoms with Gasteiger partial charge in [-0.2, -0.15) is 0 Å². The molecule has 5 rings (SSSR count). The number of alkyl halides is 1. The SMILES string of the molecule is CC1(Cl)C=C(F)C=CC1[C@H]1N=C(c2nccs2)NC(CN2CCN3C(=O)NC(=O)[C@@H]3C2)=C1C(=O)O. The van der Waals surface area contributed by atoms with Crippen LogP contribution in [-0.4, -0.2) is 86.8 Å². The molecule has 10 nitrogen and oxygen atoms in total. The number of fused-ring (bicyclic) bond motifs is 1. The molecule has 0 aromatic carbocycles. The van der Waals surface area contributed by atoms with Crippen molar-refractivity contribution < 1.29 is 23.9 Å². The number of amides is 3. The molecule has 3 N–H and O–H groups in total. The van der Waals surface area contributed by atoms with Gasteiger partial charge in [0.2, 0.25) is 0 Å². The van der Waals surface area contributed by atoms with Crippen molar-refractivity contribution in [3.05, 3.63) is 51.9 Å². The highest BCUT2D eigenvalue weighted by molar-refractivity contribution is 7.11. The van der Waals surface area contributed by atoms with Gasteiger partial charge < -0.3 is 15.3 Å². The van der Waals surface area contributed by atoms with Crippen molar-refractivity contribution in [2.45, 2.75) is 23.9 Å². The predicted molar refractivity (Wildman–Crippen MR) is 127 cm³/mol. The summed E-state index contributed by atoms with van der Waals surface area (Å²) in [6.45, 7) is 2.84. The Labute approximate surface area is 208 Å². The van der Waals surface area contributed by atoms with E-state index in [1.54, 1.807) is 24.6 Å². The Bertz CT molecular complexity index is 1210. The third-order valence-corrected chi connectivity index (χ3v) is 7.68. The largest absolute Gasteiger partial charge is 0.478 e. The minimum Gasteiger partial charge on any atom is -0.478 e. The first-order valence-corrected chi connectivity index (χ1v) is 12.2. The standard InChI is InChI=1S/C22H22ClFN6O4S/c1-22(23)8-11(24)2-3-12(22)16-15(20(32)33)13(26-17(27-16)19-25-4-7-35-19)9-29-5-6-30-14(10-29)18(31)28-21(30)34/h2-4,7-8,12,14,16H,5-6,9-10H2,1H3,(H,26,27)(H,32,33)(H,28,31,34)/t12?,14-,16+,22?/m0/s1. The number of aliphatic imine (C=N–C) groups is 1. The van der Waals surface area contributed by atoms with Crippen LogP contribution in [-0.2, 0) is 9.59 Å². The number of hydrogen-bond donors (Lipinski definition) is 3. The van der Waals surface area contributed by atoms with Crippen molar-refractivity contribution >= 4 is 46.7 Å². The van der Waals surface area contributed by atoms with Gasteiger partial charge in [0, 0.05) is 49.4 Å². The predicted octanol–water partition coefficient (Wildman–Crippen LogP) is 1.47. The molecule has 4 atom stereocenters. The van der Waals surface area contributed by atoms with E-state index in [-0.39, 0.29) is 24.6 Å². The molecule has 1 aliphatic carbocycles. The van der Waals surface area contributed by atoms with Crippen LogP contribution in [0.4, 0.5) is 9.18 Å². The number of imide groups is 1. The second kappa shape index (κ2) is 8.85. The van der Waals surface area contributed by atoms with Gasteiger partial charge in [0.25, 0.3) is 5.91 Å². The first-order chi connectivity index (χ1) is 16.6. The zero-order valence-corrected chi connectivity index (χ0v) is 20.1. The molecule has 4 heterocycles. The molecule has 0 bridgehead atoms. The lowest BCUT2D eigenvalue weighted by molar-refractivity contribution is -0.133. The molecule has 0 radical (unpaired) electrons. The van der Waals surface area contributed by atoms with E-state index in [1.165, 1.54) is 28.4 Å². The Morgan fingerprint density at radius 2 is 2.17 bits per heavy atom. The summed E-state index contributed by atoms with van der Waals surface area (Å²) >= 11 is 8.00. The maximum atomic E-state index is 14.0. The Morgan fingerprint density at radius 1 is 1.37 bits per heavy atom. The molecular weight excluding hydrogens is 499 g/mol. The van der Waals surface area contributed by atoms with E-state index in [4.69, 9.17) is 11.6 Å². The molecular formula is C22H22ClFN6O4S. The number of amidine groups is 1. The number of rotatable bonds is 5. The van der Waals surface area contributed by atoms with Gasteiger partial charge in [-0.05, 0) is 19.1 Å². The molecule has 184 valence electrons. The van der Waals surface area contributed by atoms with Gasteiger partial charge in [-0.1, -0.05) is 6.08 Å². The fraction of sp³-hybridized carbons (Fsp3) is 0.409. The molecule has 35 heavy (non-hydrogen) atoms. The van der Waals surface area contributed by atoms with Gasteiger partial charge in [0.15, 0.2) is 10.8 Å². The van der Waals surface area contributed by atoms with Crippen molar-refractivity contribution in [1.29, 1.82) is 0 Å². The molecule has 1 aromatic rings. The van der Waals surface area contributed by atoms with Crippen molar-refractivity contribution in [3.8, 4) is 0 Å². The van der Waals surface area contributed by atoms with E-state index in [2.05, 4.69) is 20.6 Å². The normalized spacial score (nSPS) is 31.1. The molecule has 1 aromatic heterocycles. The minimum atomic E-state index is -1.21. The van der Waals surface area contributed by atoms with E-state index < -0.39 is 40.7 Å². The number of carbonyl (C=O) groups is 3. The number of carboxylic acids is 1. The fourth-order valence-corrected chi connectivity index (χ4v) is 5.74. The highest BCUT2D eigenvalue weighted by atomic mass is 35.5. The zero-order chi connectivity index (χ0) is 24.9. The Balaban J connectivity index is 1.51. The van der Waals surface area contributed by atoms with Crippen molar-refractivity contribution in [2.24, 2.45) is 10.9 Å². The number of piperazine rings is 1. The van der Waals surface area contributed by atoms with Crippen molar-refractivity contribution in [1.82, 2.24) is 25.4 Å². The Morgan fingerprint density at radius 3 is 2.86 bits per heavy atom. The smallest absolute Gasteiger partial charge is 0.335 e. The van der Waals surface area contributed by atoms with Crippen LogP contribution < -0.4 is 10.6 Å². The first kappa shape index (κ1) is 23.6. The van der Waals surface area contributed by atoms with E-state index in [0.29, 0.717) is 29.6 Å². The summed E-state index contributed by atoms with van der Waals surface area (Å²) in [6, 6.07) is -1.95. The molecule has 3 aliphatic heterocycles. The fourth-order valence-electron chi connectivity index (χ4n) is 4.86. The molecule has 3 amide bonds. The van der Waals surface area contributed by atoms with E-state index in [1.807, 2.05) is 4.90 Å². The summed E-state index contributed by atoms with van der Waals surface area (Å²) < 4.78 is 14.0. The maximum Gasteiger partial charge on any atom is 0.335 e. The Kier molecular flexibility index (Phi) is 5.98. The van der Waals surface area contributed by atoms with Gasteiger partial charge in [0.1, 0.15) is 11.9 Å². The highest BCUT2D eigenvalue weighted by Gasteiger charge is 2.45. The number of nitrogens with one attached hydrogen (secondary N) is 2. The molecule has 2 unspecified atom stereocenters. The lowest BCUT2D eigenvalue weighted by Gasteiger charge is -2.39. The maximum absolute atomic E-state index is 14.0. The van der Waals surface area contributed by atoms with Gasteiger partial charge in [-0.3, -0.25) is 20.0 Å². The first-order valence-electron chi connectivity index (χ1n) is 10.9. The van der Waals surface area contributed by atoms with Gasteiger partial charge in [-0.15, -0.1) is 22.9 Å². The van der Waals surface area contributed by atoms with E-state index in [9.17, 15) is 23.9 Å². The number of nitrogens with zero attached hydrogens (tertiary/aromatic N) is 4. The number of aromatic nitrogens is 1. The topological polar surface area (TPSA) is 127 Å². The van der Waals surface area contributed by atoms with Gasteiger partial charge in [-0.25, -0.2) is 19.0 Å². The molecule has 13 heteroatoms. The summed E-state index contributed by atoms with van der Waals surface area (Å²) in [7, 11) is 0. The zero-order valence-electron chi connectivity index (χ0n) is 18.6. The quantitative estimate of drug-likeness (QED) is 0.396. The summed E-state index contributed by atoms with van der Waals surface area (Å²) in [6.07, 6.45) is 5.70.